The van der Waals surface area contributed by atoms with Gasteiger partial charge >= 0.3 is 5.97 Å². The molecule has 2 N–H and O–H groups in total. The van der Waals surface area contributed by atoms with Crippen LogP contribution in [-0.4, -0.2) is 41.8 Å². The van der Waals surface area contributed by atoms with E-state index in [4.69, 9.17) is 10.2 Å². The van der Waals surface area contributed by atoms with Gasteiger partial charge in [-0.15, -0.1) is 0 Å². The van der Waals surface area contributed by atoms with E-state index in [9.17, 15) is 9.59 Å². The molecule has 0 aromatic heterocycles. The lowest BCUT2D eigenvalue weighted by Crippen LogP contribution is -2.22. The van der Waals surface area contributed by atoms with Crippen molar-refractivity contribution >= 4 is 12.3 Å². The quantitative estimate of drug-likeness (QED) is 0.329. The van der Waals surface area contributed by atoms with Crippen molar-refractivity contribution in [2.75, 3.05) is 13.2 Å². The van der Waals surface area contributed by atoms with Crippen molar-refractivity contribution in [3.8, 4) is 0 Å². The first-order valence-electron chi connectivity index (χ1n) is 3.70. The minimum Gasteiger partial charge on any atom is -0.459 e. The Labute approximate surface area is 75.6 Å². The minimum atomic E-state index is -1.08. The minimum absolute atomic E-state index is 0.153. The van der Waals surface area contributed by atoms with Crippen molar-refractivity contribution in [3.05, 3.63) is 11.6 Å². The van der Waals surface area contributed by atoms with Gasteiger partial charge in [0, 0.05) is 5.57 Å². The van der Waals surface area contributed by atoms with Gasteiger partial charge in [-0.05, 0) is 13.0 Å². The lowest BCUT2D eigenvalue weighted by atomic mass is 10.3. The molecule has 0 saturated heterocycles. The Morgan fingerprint density at radius 3 is 2.69 bits per heavy atom. The normalized spacial score (nSPS) is 13.6. The van der Waals surface area contributed by atoms with Crippen LogP contribution in [0.3, 0.4) is 0 Å². The Morgan fingerprint density at radius 2 is 2.23 bits per heavy atom. The lowest BCUT2D eigenvalue weighted by molar-refractivity contribution is -0.142. The van der Waals surface area contributed by atoms with Gasteiger partial charge in [-0.3, -0.25) is 4.79 Å². The molecule has 0 aliphatic rings. The smallest absolute Gasteiger partial charge is 0.333 e. The highest BCUT2D eigenvalue weighted by Crippen LogP contribution is 1.96. The SMILES string of the molecule is CC(=CC=O)C(=O)OCC(O)CO. The van der Waals surface area contributed by atoms with E-state index in [1.54, 1.807) is 0 Å². The lowest BCUT2D eigenvalue weighted by Gasteiger charge is -2.07. The van der Waals surface area contributed by atoms with E-state index < -0.39 is 18.7 Å². The fourth-order valence-electron chi connectivity index (χ4n) is 0.509. The van der Waals surface area contributed by atoms with Crippen LogP contribution in [-0.2, 0) is 14.3 Å². The molecule has 0 aromatic rings. The van der Waals surface area contributed by atoms with E-state index in [1.165, 1.54) is 6.92 Å². The summed E-state index contributed by atoms with van der Waals surface area (Å²) in [6.45, 7) is 0.672. The Morgan fingerprint density at radius 1 is 1.62 bits per heavy atom. The fourth-order valence-corrected chi connectivity index (χ4v) is 0.509. The second kappa shape index (κ2) is 6.33. The van der Waals surface area contributed by atoms with Gasteiger partial charge in [0.1, 0.15) is 19.0 Å². The summed E-state index contributed by atoms with van der Waals surface area (Å²) in [4.78, 5) is 20.9. The molecule has 0 heterocycles. The summed E-state index contributed by atoms with van der Waals surface area (Å²) in [7, 11) is 0. The molecular weight excluding hydrogens is 176 g/mol. The van der Waals surface area contributed by atoms with Crippen LogP contribution in [0, 0.1) is 0 Å². The molecule has 5 nitrogen and oxygen atoms in total. The highest BCUT2D eigenvalue weighted by molar-refractivity contribution is 5.91. The third kappa shape index (κ3) is 5.10. The zero-order valence-corrected chi connectivity index (χ0v) is 7.27. The molecule has 0 radical (unpaired) electrons. The van der Waals surface area contributed by atoms with Crippen LogP contribution in [0.2, 0.25) is 0 Å². The second-order valence-corrected chi connectivity index (χ2v) is 2.42. The first-order chi connectivity index (χ1) is 6.11. The van der Waals surface area contributed by atoms with Crippen LogP contribution < -0.4 is 0 Å². The van der Waals surface area contributed by atoms with Gasteiger partial charge in [0.2, 0.25) is 0 Å². The monoisotopic (exact) mass is 188 g/mol. The van der Waals surface area contributed by atoms with Crippen LogP contribution in [0.5, 0.6) is 0 Å². The van der Waals surface area contributed by atoms with Crippen LogP contribution in [0.25, 0.3) is 0 Å². The molecule has 1 atom stereocenters. The zero-order valence-electron chi connectivity index (χ0n) is 7.27. The highest BCUT2D eigenvalue weighted by Gasteiger charge is 2.08. The van der Waals surface area contributed by atoms with Gasteiger partial charge in [0.15, 0.2) is 0 Å². The number of carbonyl (C=O) groups excluding carboxylic acids is 2. The Kier molecular flexibility index (Phi) is 5.75. The maximum atomic E-state index is 10.9. The average Bonchev–Trinajstić information content (AvgIpc) is 2.13. The number of ether oxygens (including phenoxy) is 1. The third-order valence-corrected chi connectivity index (χ3v) is 1.26. The first-order valence-corrected chi connectivity index (χ1v) is 3.70. The van der Waals surface area contributed by atoms with Crippen molar-refractivity contribution in [1.82, 2.24) is 0 Å². The van der Waals surface area contributed by atoms with Crippen molar-refractivity contribution in [2.24, 2.45) is 0 Å². The molecular formula is C8H12O5. The summed E-state index contributed by atoms with van der Waals surface area (Å²) in [5.74, 6) is -0.681. The Balaban J connectivity index is 3.87. The molecule has 0 rings (SSSR count). The number of esters is 1. The number of allylic oxidation sites excluding steroid dienone is 1. The van der Waals surface area contributed by atoms with E-state index in [-0.39, 0.29) is 12.2 Å². The molecule has 0 aromatic carbocycles. The standard InChI is InChI=1S/C8H12O5/c1-6(2-3-9)8(12)13-5-7(11)4-10/h2-3,7,10-11H,4-5H2,1H3. The van der Waals surface area contributed by atoms with E-state index in [0.29, 0.717) is 6.29 Å². The van der Waals surface area contributed by atoms with E-state index in [0.717, 1.165) is 6.08 Å². The van der Waals surface area contributed by atoms with Crippen LogP contribution in [0.4, 0.5) is 0 Å². The first kappa shape index (κ1) is 11.8. The largest absolute Gasteiger partial charge is 0.459 e. The number of aldehydes is 1. The summed E-state index contributed by atoms with van der Waals surface area (Å²) in [5.41, 5.74) is 0.153. The fraction of sp³-hybridized carbons (Fsp3) is 0.500. The van der Waals surface area contributed by atoms with E-state index in [2.05, 4.69) is 4.74 Å². The summed E-state index contributed by atoms with van der Waals surface area (Å²) in [6, 6.07) is 0. The molecule has 74 valence electrons. The molecule has 0 bridgehead atoms. The van der Waals surface area contributed by atoms with E-state index >= 15 is 0 Å². The molecule has 13 heavy (non-hydrogen) atoms. The zero-order chi connectivity index (χ0) is 10.3. The number of aliphatic hydroxyl groups excluding tert-OH is 2. The maximum Gasteiger partial charge on any atom is 0.333 e. The molecule has 1 unspecified atom stereocenters. The number of aliphatic hydroxyl groups is 2. The molecule has 0 aliphatic heterocycles. The molecule has 0 spiro atoms. The summed E-state index contributed by atoms with van der Waals surface area (Å²) in [6.07, 6.45) is 0.459. The average molecular weight is 188 g/mol. The molecule has 0 amide bonds. The van der Waals surface area contributed by atoms with Gasteiger partial charge < -0.3 is 14.9 Å². The highest BCUT2D eigenvalue weighted by atomic mass is 16.5. The second-order valence-electron chi connectivity index (χ2n) is 2.42. The molecule has 5 heteroatoms. The summed E-state index contributed by atoms with van der Waals surface area (Å²) in [5, 5.41) is 17.2. The van der Waals surface area contributed by atoms with Gasteiger partial charge in [-0.25, -0.2) is 4.79 Å². The number of rotatable bonds is 5. The van der Waals surface area contributed by atoms with Gasteiger partial charge in [-0.1, -0.05) is 0 Å². The topological polar surface area (TPSA) is 83.8 Å². The number of hydrogen-bond donors (Lipinski definition) is 2. The van der Waals surface area contributed by atoms with Crippen molar-refractivity contribution < 1.29 is 24.5 Å². The van der Waals surface area contributed by atoms with Gasteiger partial charge in [0.25, 0.3) is 0 Å². The number of hydrogen-bond acceptors (Lipinski definition) is 5. The van der Waals surface area contributed by atoms with Crippen molar-refractivity contribution in [2.45, 2.75) is 13.0 Å². The van der Waals surface area contributed by atoms with Crippen molar-refractivity contribution in [1.29, 1.82) is 0 Å². The summed E-state index contributed by atoms with van der Waals surface area (Å²) < 4.78 is 4.53. The number of carbonyl (C=O) groups is 2. The van der Waals surface area contributed by atoms with Crippen LogP contribution in [0.15, 0.2) is 11.6 Å². The van der Waals surface area contributed by atoms with E-state index in [1.807, 2.05) is 0 Å². The third-order valence-electron chi connectivity index (χ3n) is 1.26. The molecule has 0 saturated carbocycles. The molecule has 0 fully saturated rings. The van der Waals surface area contributed by atoms with Crippen LogP contribution in [0.1, 0.15) is 6.92 Å². The predicted molar refractivity (Wildman–Crippen MR) is 43.9 cm³/mol. The maximum absolute atomic E-state index is 10.9. The Bertz CT molecular complexity index is 209. The predicted octanol–water partition coefficient (Wildman–Crippen LogP) is -0.972. The van der Waals surface area contributed by atoms with Gasteiger partial charge in [-0.2, -0.15) is 0 Å². The van der Waals surface area contributed by atoms with Crippen molar-refractivity contribution in [3.63, 3.8) is 0 Å². The summed E-state index contributed by atoms with van der Waals surface area (Å²) >= 11 is 0. The Hall–Kier alpha value is -1.20. The van der Waals surface area contributed by atoms with Gasteiger partial charge in [0.05, 0.1) is 6.61 Å². The molecule has 0 aliphatic carbocycles. The van der Waals surface area contributed by atoms with Crippen LogP contribution >= 0.6 is 0 Å².